The maximum Gasteiger partial charge on any atom is 0.243 e. The highest BCUT2D eigenvalue weighted by Gasteiger charge is 2.47. The average molecular weight is 365 g/mol. The first-order chi connectivity index (χ1) is 12.1. The Morgan fingerprint density at radius 1 is 1.24 bits per heavy atom. The molecule has 0 N–H and O–H groups in total. The molecule has 1 aliphatic carbocycles. The van der Waals surface area contributed by atoms with E-state index in [0.717, 1.165) is 37.7 Å². The van der Waals surface area contributed by atoms with Gasteiger partial charge in [0.2, 0.25) is 10.0 Å². The summed E-state index contributed by atoms with van der Waals surface area (Å²) in [6.45, 7) is 5.27. The van der Waals surface area contributed by atoms with Crippen molar-refractivity contribution >= 4 is 10.0 Å². The van der Waals surface area contributed by atoms with Crippen molar-refractivity contribution in [2.45, 2.75) is 37.2 Å². The van der Waals surface area contributed by atoms with Gasteiger partial charge in [-0.15, -0.1) is 0 Å². The number of benzene rings is 1. The van der Waals surface area contributed by atoms with Crippen LogP contribution in [0, 0.1) is 24.7 Å². The minimum absolute atomic E-state index is 0.0345. The molecule has 6 heteroatoms. The molecule has 3 aliphatic rings. The van der Waals surface area contributed by atoms with E-state index in [0.29, 0.717) is 29.8 Å². The SMILES string of the molecule is Cc1ccccc1S(=O)(=O)N1C[C@H]2[C@@H](CCOCC3CC3)CO[C@H]2C1. The maximum atomic E-state index is 13.0. The van der Waals surface area contributed by atoms with Gasteiger partial charge in [-0.05, 0) is 49.7 Å². The number of hydrogen-bond acceptors (Lipinski definition) is 4. The Hall–Kier alpha value is -0.950. The fourth-order valence-electron chi connectivity index (χ4n) is 4.01. The standard InChI is InChI=1S/C19H27NO4S/c1-14-4-2-3-5-19(14)25(21,22)20-10-17-16(13-24-18(17)11-20)8-9-23-12-15-6-7-15/h2-5,15-18H,6-13H2,1H3/t16-,17-,18-/m0/s1. The summed E-state index contributed by atoms with van der Waals surface area (Å²) in [6, 6.07) is 7.20. The summed E-state index contributed by atoms with van der Waals surface area (Å²) in [7, 11) is -3.44. The van der Waals surface area contributed by atoms with Crippen molar-refractivity contribution in [3.63, 3.8) is 0 Å². The Labute approximate surface area is 150 Å². The van der Waals surface area contributed by atoms with Crippen LogP contribution in [0.25, 0.3) is 0 Å². The molecule has 2 heterocycles. The Morgan fingerprint density at radius 3 is 2.80 bits per heavy atom. The molecule has 0 radical (unpaired) electrons. The van der Waals surface area contributed by atoms with Crippen LogP contribution in [0.2, 0.25) is 0 Å². The van der Waals surface area contributed by atoms with Crippen LogP contribution in [0.4, 0.5) is 0 Å². The largest absolute Gasteiger partial charge is 0.381 e. The van der Waals surface area contributed by atoms with Gasteiger partial charge in [-0.1, -0.05) is 18.2 Å². The van der Waals surface area contributed by atoms with Crippen molar-refractivity contribution in [1.29, 1.82) is 0 Å². The summed E-state index contributed by atoms with van der Waals surface area (Å²) in [6.07, 6.45) is 3.62. The van der Waals surface area contributed by atoms with Crippen LogP contribution < -0.4 is 0 Å². The van der Waals surface area contributed by atoms with Crippen LogP contribution in [0.15, 0.2) is 29.2 Å². The lowest BCUT2D eigenvalue weighted by Gasteiger charge is -2.20. The number of fused-ring (bicyclic) bond motifs is 1. The topological polar surface area (TPSA) is 55.8 Å². The average Bonchev–Trinajstić information content (AvgIpc) is 3.18. The van der Waals surface area contributed by atoms with Crippen LogP contribution in [0.5, 0.6) is 0 Å². The summed E-state index contributed by atoms with van der Waals surface area (Å²) in [4.78, 5) is 0.416. The van der Waals surface area contributed by atoms with Gasteiger partial charge in [0.15, 0.2) is 0 Å². The fraction of sp³-hybridized carbons (Fsp3) is 0.684. The third-order valence-corrected chi connectivity index (χ3v) is 7.79. The molecule has 2 aliphatic heterocycles. The normalized spacial score (nSPS) is 29.9. The quantitative estimate of drug-likeness (QED) is 0.697. The molecule has 0 unspecified atom stereocenters. The highest BCUT2D eigenvalue weighted by molar-refractivity contribution is 7.89. The minimum atomic E-state index is -3.44. The van der Waals surface area contributed by atoms with Gasteiger partial charge in [0.05, 0.1) is 17.6 Å². The molecule has 3 fully saturated rings. The minimum Gasteiger partial charge on any atom is -0.381 e. The number of aryl methyl sites for hydroxylation is 1. The number of sulfonamides is 1. The van der Waals surface area contributed by atoms with Gasteiger partial charge >= 0.3 is 0 Å². The predicted octanol–water partition coefficient (Wildman–Crippen LogP) is 2.45. The van der Waals surface area contributed by atoms with Gasteiger partial charge in [-0.3, -0.25) is 0 Å². The van der Waals surface area contributed by atoms with Gasteiger partial charge < -0.3 is 9.47 Å². The lowest BCUT2D eigenvalue weighted by atomic mass is 9.91. The summed E-state index contributed by atoms with van der Waals surface area (Å²) in [5, 5.41) is 0. The molecule has 3 atom stereocenters. The smallest absolute Gasteiger partial charge is 0.243 e. The third kappa shape index (κ3) is 3.63. The molecule has 25 heavy (non-hydrogen) atoms. The van der Waals surface area contributed by atoms with E-state index in [-0.39, 0.29) is 6.10 Å². The van der Waals surface area contributed by atoms with Crippen LogP contribution in [-0.2, 0) is 19.5 Å². The van der Waals surface area contributed by atoms with Gasteiger partial charge in [-0.25, -0.2) is 8.42 Å². The van der Waals surface area contributed by atoms with E-state index in [1.54, 1.807) is 16.4 Å². The van der Waals surface area contributed by atoms with E-state index in [1.165, 1.54) is 12.8 Å². The second kappa shape index (κ2) is 6.99. The molecule has 1 saturated carbocycles. The van der Waals surface area contributed by atoms with Crippen molar-refractivity contribution in [3.8, 4) is 0 Å². The molecule has 0 amide bonds. The maximum absolute atomic E-state index is 13.0. The van der Waals surface area contributed by atoms with Crippen molar-refractivity contribution in [3.05, 3.63) is 29.8 Å². The van der Waals surface area contributed by atoms with Gasteiger partial charge in [0, 0.05) is 32.2 Å². The molecule has 138 valence electrons. The molecular weight excluding hydrogens is 338 g/mol. The molecule has 4 rings (SSSR count). The van der Waals surface area contributed by atoms with Crippen molar-refractivity contribution in [1.82, 2.24) is 4.31 Å². The van der Waals surface area contributed by atoms with Crippen molar-refractivity contribution in [2.75, 3.05) is 32.9 Å². The molecule has 0 aromatic heterocycles. The predicted molar refractivity (Wildman–Crippen MR) is 94.8 cm³/mol. The van der Waals surface area contributed by atoms with Crippen LogP contribution in [-0.4, -0.2) is 51.7 Å². The molecular formula is C19H27NO4S. The number of nitrogens with zero attached hydrogens (tertiary/aromatic N) is 1. The summed E-state index contributed by atoms with van der Waals surface area (Å²) in [5.74, 6) is 1.48. The van der Waals surface area contributed by atoms with E-state index >= 15 is 0 Å². The lowest BCUT2D eigenvalue weighted by Crippen LogP contribution is -2.32. The zero-order valence-corrected chi connectivity index (χ0v) is 15.6. The zero-order valence-electron chi connectivity index (χ0n) is 14.8. The Morgan fingerprint density at radius 2 is 2.04 bits per heavy atom. The van der Waals surface area contributed by atoms with E-state index in [4.69, 9.17) is 9.47 Å². The second-order valence-corrected chi connectivity index (χ2v) is 9.60. The van der Waals surface area contributed by atoms with Gasteiger partial charge in [0.1, 0.15) is 0 Å². The Balaban J connectivity index is 1.37. The Kier molecular flexibility index (Phi) is 4.88. The first kappa shape index (κ1) is 17.5. The Bertz CT molecular complexity index is 716. The summed E-state index contributed by atoms with van der Waals surface area (Å²) >= 11 is 0. The first-order valence-electron chi connectivity index (χ1n) is 9.31. The second-order valence-electron chi connectivity index (χ2n) is 7.69. The summed E-state index contributed by atoms with van der Waals surface area (Å²) in [5.41, 5.74) is 0.797. The molecule has 5 nitrogen and oxygen atoms in total. The zero-order chi connectivity index (χ0) is 17.4. The monoisotopic (exact) mass is 365 g/mol. The van der Waals surface area contributed by atoms with E-state index < -0.39 is 10.0 Å². The lowest BCUT2D eigenvalue weighted by molar-refractivity contribution is 0.0909. The molecule has 2 saturated heterocycles. The van der Waals surface area contributed by atoms with Gasteiger partial charge in [-0.2, -0.15) is 4.31 Å². The van der Waals surface area contributed by atoms with Crippen molar-refractivity contribution in [2.24, 2.45) is 17.8 Å². The highest BCUT2D eigenvalue weighted by atomic mass is 32.2. The van der Waals surface area contributed by atoms with Crippen LogP contribution in [0.1, 0.15) is 24.8 Å². The van der Waals surface area contributed by atoms with E-state index in [2.05, 4.69) is 0 Å². The molecule has 1 aromatic carbocycles. The molecule has 1 aromatic rings. The van der Waals surface area contributed by atoms with Crippen LogP contribution in [0.3, 0.4) is 0 Å². The molecule has 0 spiro atoms. The fourth-order valence-corrected chi connectivity index (χ4v) is 5.73. The third-order valence-electron chi connectivity index (χ3n) is 5.80. The first-order valence-corrected chi connectivity index (χ1v) is 10.7. The van der Waals surface area contributed by atoms with Crippen LogP contribution >= 0.6 is 0 Å². The summed E-state index contributed by atoms with van der Waals surface area (Å²) < 4.78 is 39.2. The molecule has 0 bridgehead atoms. The number of rotatable bonds is 7. The van der Waals surface area contributed by atoms with Crippen molar-refractivity contribution < 1.29 is 17.9 Å². The van der Waals surface area contributed by atoms with Gasteiger partial charge in [0.25, 0.3) is 0 Å². The number of hydrogen-bond donors (Lipinski definition) is 0. The van der Waals surface area contributed by atoms with E-state index in [9.17, 15) is 8.42 Å². The van der Waals surface area contributed by atoms with E-state index in [1.807, 2.05) is 19.1 Å². The number of ether oxygens (including phenoxy) is 2. The highest BCUT2D eigenvalue weighted by Crippen LogP contribution is 2.38.